The second kappa shape index (κ2) is 5.95. The van der Waals surface area contributed by atoms with Gasteiger partial charge in [0.2, 0.25) is 0 Å². The van der Waals surface area contributed by atoms with Crippen LogP contribution in [0.2, 0.25) is 0 Å². The maximum absolute atomic E-state index is 10.9. The van der Waals surface area contributed by atoms with E-state index in [-0.39, 0.29) is 16.7 Å². The van der Waals surface area contributed by atoms with E-state index in [4.69, 9.17) is 0 Å². The highest BCUT2D eigenvalue weighted by Gasteiger charge is 2.31. The summed E-state index contributed by atoms with van der Waals surface area (Å²) in [5.74, 6) is 0. The van der Waals surface area contributed by atoms with Gasteiger partial charge in [-0.05, 0) is 43.3 Å². The summed E-state index contributed by atoms with van der Waals surface area (Å²) < 4.78 is 0. The molecular weight excluding hydrogens is 284 g/mol. The summed E-state index contributed by atoms with van der Waals surface area (Å²) in [5, 5.41) is 13.1. The quantitative estimate of drug-likeness (QED) is 0.614. The molecule has 2 unspecified atom stereocenters. The van der Waals surface area contributed by atoms with E-state index in [1.165, 1.54) is 17.7 Å². The van der Waals surface area contributed by atoms with Crippen molar-refractivity contribution in [3.05, 3.63) is 62.3 Å². The van der Waals surface area contributed by atoms with Crippen molar-refractivity contribution < 1.29 is 4.92 Å². The molecule has 21 heavy (non-hydrogen) atoms. The summed E-state index contributed by atoms with van der Waals surface area (Å²) in [5.41, 5.74) is 1.19. The van der Waals surface area contributed by atoms with Gasteiger partial charge in [0.25, 0.3) is 5.69 Å². The topological polar surface area (TPSA) is 46.4 Å². The Kier molecular flexibility index (Phi) is 4.03. The Labute approximate surface area is 128 Å². The van der Waals surface area contributed by atoms with Crippen LogP contribution >= 0.6 is 11.3 Å². The van der Waals surface area contributed by atoms with Crippen LogP contribution < -0.4 is 0 Å². The third-order valence-corrected chi connectivity index (χ3v) is 5.20. The van der Waals surface area contributed by atoms with Gasteiger partial charge < -0.3 is 0 Å². The van der Waals surface area contributed by atoms with Crippen molar-refractivity contribution in [2.75, 3.05) is 6.54 Å². The number of benzene rings is 1. The van der Waals surface area contributed by atoms with E-state index in [0.717, 1.165) is 12.1 Å². The largest absolute Gasteiger partial charge is 0.289 e. The second-order valence-corrected chi connectivity index (χ2v) is 6.42. The van der Waals surface area contributed by atoms with E-state index in [0.29, 0.717) is 6.04 Å². The van der Waals surface area contributed by atoms with Crippen LogP contribution in [0.5, 0.6) is 0 Å². The minimum atomic E-state index is -0.322. The molecule has 0 spiro atoms. The Hall–Kier alpha value is -1.72. The fourth-order valence-electron chi connectivity index (χ4n) is 3.13. The molecule has 1 aliphatic rings. The molecular formula is C16H18N2O2S. The van der Waals surface area contributed by atoms with Gasteiger partial charge in [-0.15, -0.1) is 11.3 Å². The van der Waals surface area contributed by atoms with Crippen molar-refractivity contribution in [3.63, 3.8) is 0 Å². The number of thiophene rings is 1. The van der Waals surface area contributed by atoms with Gasteiger partial charge in [-0.1, -0.05) is 18.2 Å². The molecule has 5 heteroatoms. The molecule has 0 aliphatic carbocycles. The van der Waals surface area contributed by atoms with Gasteiger partial charge in [0.05, 0.1) is 4.92 Å². The van der Waals surface area contributed by atoms with Gasteiger partial charge in [-0.3, -0.25) is 15.0 Å². The summed E-state index contributed by atoms with van der Waals surface area (Å²) in [4.78, 5) is 14.5. The predicted octanol–water partition coefficient (Wildman–Crippen LogP) is 4.55. The highest BCUT2D eigenvalue weighted by atomic mass is 32.1. The van der Waals surface area contributed by atoms with E-state index < -0.39 is 0 Å². The van der Waals surface area contributed by atoms with E-state index in [1.54, 1.807) is 29.5 Å². The highest BCUT2D eigenvalue weighted by molar-refractivity contribution is 7.10. The van der Waals surface area contributed by atoms with Gasteiger partial charge in [0.1, 0.15) is 0 Å². The second-order valence-electron chi connectivity index (χ2n) is 5.44. The Morgan fingerprint density at radius 1 is 1.38 bits per heavy atom. The summed E-state index contributed by atoms with van der Waals surface area (Å²) in [6.07, 6.45) is 2.35. The summed E-state index contributed by atoms with van der Waals surface area (Å²) in [6, 6.07) is 11.9. The molecule has 1 aromatic heterocycles. The number of hydrogen-bond acceptors (Lipinski definition) is 4. The molecule has 110 valence electrons. The highest BCUT2D eigenvalue weighted by Crippen LogP contribution is 2.40. The summed E-state index contributed by atoms with van der Waals surface area (Å²) in [6.45, 7) is 3.19. The zero-order chi connectivity index (χ0) is 14.8. The van der Waals surface area contributed by atoms with Crippen molar-refractivity contribution in [2.45, 2.75) is 31.8 Å². The van der Waals surface area contributed by atoms with Crippen LogP contribution in [0.25, 0.3) is 0 Å². The molecule has 1 fully saturated rings. The molecule has 0 amide bonds. The van der Waals surface area contributed by atoms with Crippen LogP contribution in [0.4, 0.5) is 5.69 Å². The normalized spacial score (nSPS) is 20.5. The van der Waals surface area contributed by atoms with E-state index in [2.05, 4.69) is 29.3 Å². The zero-order valence-corrected chi connectivity index (χ0v) is 12.8. The van der Waals surface area contributed by atoms with Gasteiger partial charge >= 0.3 is 0 Å². The van der Waals surface area contributed by atoms with Crippen molar-refractivity contribution in [1.29, 1.82) is 0 Å². The molecule has 0 bridgehead atoms. The first-order chi connectivity index (χ1) is 10.2. The zero-order valence-electron chi connectivity index (χ0n) is 11.9. The first kappa shape index (κ1) is 14.2. The van der Waals surface area contributed by atoms with Gasteiger partial charge in [0, 0.05) is 29.1 Å². The number of nitrogens with zero attached hydrogens (tertiary/aromatic N) is 2. The van der Waals surface area contributed by atoms with Crippen LogP contribution in [0.3, 0.4) is 0 Å². The third-order valence-electron chi connectivity index (χ3n) is 4.23. The molecule has 2 atom stereocenters. The Bertz CT molecular complexity index is 627. The van der Waals surface area contributed by atoms with Crippen molar-refractivity contribution >= 4 is 17.0 Å². The molecule has 3 rings (SSSR count). The van der Waals surface area contributed by atoms with Crippen LogP contribution in [0, 0.1) is 10.1 Å². The average Bonchev–Trinajstić information content (AvgIpc) is 3.17. The van der Waals surface area contributed by atoms with Crippen LogP contribution in [0.1, 0.15) is 42.3 Å². The molecule has 1 saturated heterocycles. The fourth-order valence-corrected chi connectivity index (χ4v) is 4.01. The predicted molar refractivity (Wildman–Crippen MR) is 84.5 cm³/mol. The lowest BCUT2D eigenvalue weighted by molar-refractivity contribution is -0.385. The van der Waals surface area contributed by atoms with Crippen LogP contribution in [-0.2, 0) is 0 Å². The van der Waals surface area contributed by atoms with Crippen molar-refractivity contribution in [3.8, 4) is 0 Å². The minimum Gasteiger partial charge on any atom is -0.289 e. The Morgan fingerprint density at radius 2 is 2.24 bits per heavy atom. The lowest BCUT2D eigenvalue weighted by Crippen LogP contribution is -2.26. The third kappa shape index (κ3) is 2.84. The summed E-state index contributed by atoms with van der Waals surface area (Å²) in [7, 11) is 0. The van der Waals surface area contributed by atoms with E-state index in [9.17, 15) is 10.1 Å². The van der Waals surface area contributed by atoms with Crippen LogP contribution in [-0.4, -0.2) is 16.4 Å². The number of non-ortho nitro benzene ring substituents is 1. The standard InChI is InChI=1S/C16H18N2O2S/c1-12(13-5-2-6-14(11-13)18(19)20)17-9-3-7-15(17)16-8-4-10-21-16/h2,4-6,8,10-12,15H,3,7,9H2,1H3. The maximum Gasteiger partial charge on any atom is 0.269 e. The van der Waals surface area contributed by atoms with Gasteiger partial charge in [-0.2, -0.15) is 0 Å². The lowest BCUT2D eigenvalue weighted by Gasteiger charge is -2.30. The Morgan fingerprint density at radius 3 is 2.95 bits per heavy atom. The fraction of sp³-hybridized carbons (Fsp3) is 0.375. The lowest BCUT2D eigenvalue weighted by atomic mass is 10.0. The van der Waals surface area contributed by atoms with Crippen molar-refractivity contribution in [2.24, 2.45) is 0 Å². The molecule has 0 N–H and O–H groups in total. The molecule has 1 aliphatic heterocycles. The smallest absolute Gasteiger partial charge is 0.269 e. The van der Waals surface area contributed by atoms with Crippen molar-refractivity contribution in [1.82, 2.24) is 4.90 Å². The number of nitro benzene ring substituents is 1. The molecule has 0 radical (unpaired) electrons. The van der Waals surface area contributed by atoms with Crippen LogP contribution in [0.15, 0.2) is 41.8 Å². The van der Waals surface area contributed by atoms with E-state index >= 15 is 0 Å². The van der Waals surface area contributed by atoms with Gasteiger partial charge in [0.15, 0.2) is 0 Å². The molecule has 4 nitrogen and oxygen atoms in total. The average molecular weight is 302 g/mol. The molecule has 2 heterocycles. The Balaban J connectivity index is 1.85. The SMILES string of the molecule is CC(c1cccc([N+](=O)[O-])c1)N1CCCC1c1cccs1. The molecule has 1 aromatic carbocycles. The van der Waals surface area contributed by atoms with E-state index in [1.807, 2.05) is 6.07 Å². The minimum absolute atomic E-state index is 0.172. The first-order valence-electron chi connectivity index (χ1n) is 7.20. The summed E-state index contributed by atoms with van der Waals surface area (Å²) >= 11 is 1.79. The monoisotopic (exact) mass is 302 g/mol. The molecule has 0 saturated carbocycles. The molecule has 2 aromatic rings. The number of hydrogen-bond donors (Lipinski definition) is 0. The number of nitro groups is 1. The first-order valence-corrected chi connectivity index (χ1v) is 8.08. The van der Waals surface area contributed by atoms with Gasteiger partial charge in [-0.25, -0.2) is 0 Å². The number of likely N-dealkylation sites (tertiary alicyclic amines) is 1. The number of rotatable bonds is 4. The maximum atomic E-state index is 10.9.